The average Bonchev–Trinajstić information content (AvgIpc) is 2.77. The van der Waals surface area contributed by atoms with E-state index in [4.69, 9.17) is 10.5 Å². The maximum absolute atomic E-state index is 5.95. The van der Waals surface area contributed by atoms with E-state index >= 15 is 0 Å². The van der Waals surface area contributed by atoms with Crippen LogP contribution in [-0.4, -0.2) is 11.6 Å². The quantitative estimate of drug-likeness (QED) is 0.788. The summed E-state index contributed by atoms with van der Waals surface area (Å²) >= 11 is 0. The fraction of sp³-hybridized carbons (Fsp3) is 0.154. The number of benzene rings is 1. The number of pyridine rings is 1. The van der Waals surface area contributed by atoms with Crippen LogP contribution >= 0.6 is 0 Å². The topological polar surface area (TPSA) is 48.1 Å². The third-order valence-corrected chi connectivity index (χ3v) is 2.86. The van der Waals surface area contributed by atoms with Crippen molar-refractivity contribution >= 4 is 5.69 Å². The number of rotatable bonds is 1. The molecule has 0 amide bonds. The van der Waals surface area contributed by atoms with E-state index in [9.17, 15) is 0 Å². The van der Waals surface area contributed by atoms with E-state index < -0.39 is 0 Å². The highest BCUT2D eigenvalue weighted by atomic mass is 16.5. The number of nitrogens with two attached hydrogens (primary N) is 1. The highest BCUT2D eigenvalue weighted by Crippen LogP contribution is 2.38. The van der Waals surface area contributed by atoms with Crippen molar-refractivity contribution in [2.45, 2.75) is 6.42 Å². The van der Waals surface area contributed by atoms with Gasteiger partial charge in [0, 0.05) is 35.6 Å². The molecule has 0 fully saturated rings. The first-order valence-corrected chi connectivity index (χ1v) is 5.31. The Bertz CT molecular complexity index is 537. The molecule has 1 aliphatic heterocycles. The Balaban J connectivity index is 2.21. The molecule has 2 heterocycles. The van der Waals surface area contributed by atoms with E-state index in [0.29, 0.717) is 0 Å². The van der Waals surface area contributed by atoms with Crippen molar-refractivity contribution in [3.05, 3.63) is 42.2 Å². The van der Waals surface area contributed by atoms with Gasteiger partial charge in [0.2, 0.25) is 0 Å². The summed E-state index contributed by atoms with van der Waals surface area (Å²) in [6.07, 6.45) is 4.46. The summed E-state index contributed by atoms with van der Waals surface area (Å²) < 4.78 is 5.66. The van der Waals surface area contributed by atoms with Crippen LogP contribution in [0.5, 0.6) is 5.75 Å². The number of anilines is 1. The van der Waals surface area contributed by atoms with Crippen molar-refractivity contribution in [1.82, 2.24) is 4.98 Å². The Kier molecular flexibility index (Phi) is 2.03. The van der Waals surface area contributed by atoms with E-state index in [1.54, 1.807) is 12.4 Å². The van der Waals surface area contributed by atoms with Gasteiger partial charge < -0.3 is 10.5 Å². The summed E-state index contributed by atoms with van der Waals surface area (Å²) in [4.78, 5) is 4.11. The molecule has 3 heteroatoms. The van der Waals surface area contributed by atoms with Crippen molar-refractivity contribution < 1.29 is 4.74 Å². The molecule has 0 saturated heterocycles. The molecular formula is C13H12N2O. The summed E-state index contributed by atoms with van der Waals surface area (Å²) in [5, 5.41) is 0. The lowest BCUT2D eigenvalue weighted by molar-refractivity contribution is 0.358. The lowest BCUT2D eigenvalue weighted by atomic mass is 10.0. The van der Waals surface area contributed by atoms with Gasteiger partial charge in [-0.1, -0.05) is 18.2 Å². The molecule has 0 aliphatic carbocycles. The molecule has 0 unspecified atom stereocenters. The van der Waals surface area contributed by atoms with Gasteiger partial charge in [-0.25, -0.2) is 0 Å². The molecule has 80 valence electrons. The molecule has 0 radical (unpaired) electrons. The summed E-state index contributed by atoms with van der Waals surface area (Å²) in [5.41, 5.74) is 9.92. The van der Waals surface area contributed by atoms with Crippen molar-refractivity contribution in [3.8, 4) is 16.9 Å². The summed E-state index contributed by atoms with van der Waals surface area (Å²) in [6.45, 7) is 0.756. The van der Waals surface area contributed by atoms with Crippen LogP contribution in [0.2, 0.25) is 0 Å². The van der Waals surface area contributed by atoms with Crippen molar-refractivity contribution in [2.75, 3.05) is 12.3 Å². The first-order chi connectivity index (χ1) is 7.86. The first-order valence-electron chi connectivity index (χ1n) is 5.31. The molecule has 1 aromatic carbocycles. The van der Waals surface area contributed by atoms with Crippen LogP contribution in [0.1, 0.15) is 5.56 Å². The van der Waals surface area contributed by atoms with Gasteiger partial charge >= 0.3 is 0 Å². The first kappa shape index (κ1) is 9.21. The average molecular weight is 212 g/mol. The number of hydrogen-bond acceptors (Lipinski definition) is 3. The fourth-order valence-electron chi connectivity index (χ4n) is 2.06. The third kappa shape index (κ3) is 1.33. The van der Waals surface area contributed by atoms with Crippen LogP contribution < -0.4 is 10.5 Å². The molecule has 0 bridgehead atoms. The SMILES string of the molecule is Nc1ccncc1-c1cccc2c1OCC2. The third-order valence-electron chi connectivity index (χ3n) is 2.86. The van der Waals surface area contributed by atoms with Crippen LogP contribution in [0.15, 0.2) is 36.7 Å². The normalized spacial score (nSPS) is 13.2. The van der Waals surface area contributed by atoms with Gasteiger partial charge in [0.1, 0.15) is 5.75 Å². The maximum atomic E-state index is 5.95. The monoisotopic (exact) mass is 212 g/mol. The standard InChI is InChI=1S/C13H12N2O/c14-12-4-6-15-8-11(12)10-3-1-2-9-5-7-16-13(9)10/h1-4,6,8H,5,7H2,(H2,14,15). The molecule has 0 atom stereocenters. The minimum absolute atomic E-state index is 0.735. The minimum Gasteiger partial charge on any atom is -0.492 e. The second kappa shape index (κ2) is 3.52. The highest BCUT2D eigenvalue weighted by molar-refractivity contribution is 5.80. The minimum atomic E-state index is 0.735. The van der Waals surface area contributed by atoms with Gasteiger partial charge in [0.15, 0.2) is 0 Å². The fourth-order valence-corrected chi connectivity index (χ4v) is 2.06. The summed E-state index contributed by atoms with van der Waals surface area (Å²) in [5.74, 6) is 0.960. The Morgan fingerprint density at radius 2 is 2.12 bits per heavy atom. The lowest BCUT2D eigenvalue weighted by Gasteiger charge is -2.09. The van der Waals surface area contributed by atoms with Crippen LogP contribution in [-0.2, 0) is 6.42 Å². The number of hydrogen-bond donors (Lipinski definition) is 1. The predicted octanol–water partition coefficient (Wildman–Crippen LogP) is 2.27. The largest absolute Gasteiger partial charge is 0.492 e. The Hall–Kier alpha value is -2.03. The van der Waals surface area contributed by atoms with E-state index in [-0.39, 0.29) is 0 Å². The van der Waals surface area contributed by atoms with Gasteiger partial charge in [-0.15, -0.1) is 0 Å². The predicted molar refractivity (Wildman–Crippen MR) is 63.3 cm³/mol. The number of ether oxygens (including phenoxy) is 1. The zero-order chi connectivity index (χ0) is 11.0. The van der Waals surface area contributed by atoms with Gasteiger partial charge in [0.05, 0.1) is 6.61 Å². The molecule has 3 rings (SSSR count). The van der Waals surface area contributed by atoms with Gasteiger partial charge in [0.25, 0.3) is 0 Å². The van der Waals surface area contributed by atoms with E-state index in [0.717, 1.165) is 35.6 Å². The maximum Gasteiger partial charge on any atom is 0.130 e. The molecule has 2 aromatic rings. The summed E-state index contributed by atoms with van der Waals surface area (Å²) in [7, 11) is 0. The number of para-hydroxylation sites is 1. The molecule has 16 heavy (non-hydrogen) atoms. The van der Waals surface area contributed by atoms with Crippen LogP contribution in [0.3, 0.4) is 0 Å². The molecule has 0 saturated carbocycles. The van der Waals surface area contributed by atoms with Gasteiger partial charge in [-0.3, -0.25) is 4.98 Å². The smallest absolute Gasteiger partial charge is 0.130 e. The Morgan fingerprint density at radius 1 is 1.19 bits per heavy atom. The highest BCUT2D eigenvalue weighted by Gasteiger charge is 2.17. The van der Waals surface area contributed by atoms with Crippen LogP contribution in [0.4, 0.5) is 5.69 Å². The molecule has 1 aliphatic rings. The molecule has 3 nitrogen and oxygen atoms in total. The van der Waals surface area contributed by atoms with Gasteiger partial charge in [-0.2, -0.15) is 0 Å². The zero-order valence-corrected chi connectivity index (χ0v) is 8.81. The number of fused-ring (bicyclic) bond motifs is 1. The Morgan fingerprint density at radius 3 is 3.00 bits per heavy atom. The van der Waals surface area contributed by atoms with Crippen LogP contribution in [0, 0.1) is 0 Å². The second-order valence-electron chi connectivity index (χ2n) is 3.86. The van der Waals surface area contributed by atoms with Gasteiger partial charge in [-0.05, 0) is 11.6 Å². The molecule has 2 N–H and O–H groups in total. The Labute approximate surface area is 93.9 Å². The summed E-state index contributed by atoms with van der Waals surface area (Å²) in [6, 6.07) is 7.97. The van der Waals surface area contributed by atoms with Crippen LogP contribution in [0.25, 0.3) is 11.1 Å². The molecular weight excluding hydrogens is 200 g/mol. The van der Waals surface area contributed by atoms with Crippen molar-refractivity contribution in [3.63, 3.8) is 0 Å². The number of aromatic nitrogens is 1. The number of nitrogens with zero attached hydrogens (tertiary/aromatic N) is 1. The molecule has 1 aromatic heterocycles. The van der Waals surface area contributed by atoms with Crippen molar-refractivity contribution in [2.24, 2.45) is 0 Å². The van der Waals surface area contributed by atoms with E-state index in [2.05, 4.69) is 11.1 Å². The lowest BCUT2D eigenvalue weighted by Crippen LogP contribution is -1.93. The van der Waals surface area contributed by atoms with E-state index in [1.165, 1.54) is 5.56 Å². The zero-order valence-electron chi connectivity index (χ0n) is 8.81. The number of nitrogen functional groups attached to an aromatic ring is 1. The second-order valence-corrected chi connectivity index (χ2v) is 3.86. The van der Waals surface area contributed by atoms with E-state index in [1.807, 2.05) is 18.2 Å². The van der Waals surface area contributed by atoms with Crippen molar-refractivity contribution in [1.29, 1.82) is 0 Å². The molecule has 0 spiro atoms.